The summed E-state index contributed by atoms with van der Waals surface area (Å²) in [6.45, 7) is 0. The van der Waals surface area contributed by atoms with Crippen LogP contribution in [0.1, 0.15) is 0 Å². The zero-order valence-electron chi connectivity index (χ0n) is 9.76. The molecule has 0 N–H and O–H groups in total. The van der Waals surface area contributed by atoms with Crippen molar-refractivity contribution in [3.8, 4) is 16.3 Å². The van der Waals surface area contributed by atoms with Crippen molar-refractivity contribution in [2.45, 2.75) is 0 Å². The molecule has 2 nitrogen and oxygen atoms in total. The molecular formula is C14H11INOS+. The minimum atomic E-state index is 0.903. The summed E-state index contributed by atoms with van der Waals surface area (Å²) in [5.74, 6) is 0.903. The van der Waals surface area contributed by atoms with Gasteiger partial charge in [0.05, 0.1) is 0 Å². The number of thiazole rings is 1. The van der Waals surface area contributed by atoms with E-state index in [-0.39, 0.29) is 0 Å². The molecule has 0 bridgehead atoms. The Labute approximate surface area is 124 Å². The van der Waals surface area contributed by atoms with Crippen LogP contribution in [0.3, 0.4) is 0 Å². The van der Waals surface area contributed by atoms with E-state index in [9.17, 15) is 0 Å². The number of aromatic nitrogens is 1. The standard InChI is InChI=1S/C14H11INOS/c1-16-11-7-3-5-9-13(11)18-14(16)10-6-2-4-8-12(10)17-15/h2-9H,1H3/q+1. The van der Waals surface area contributed by atoms with E-state index in [4.69, 9.17) is 3.07 Å². The molecule has 4 heteroatoms. The summed E-state index contributed by atoms with van der Waals surface area (Å²) in [4.78, 5) is 0. The maximum atomic E-state index is 5.41. The van der Waals surface area contributed by atoms with Crippen LogP contribution >= 0.6 is 34.3 Å². The first kappa shape index (κ1) is 11.9. The van der Waals surface area contributed by atoms with E-state index >= 15 is 0 Å². The van der Waals surface area contributed by atoms with Crippen LogP contribution in [-0.4, -0.2) is 0 Å². The highest BCUT2D eigenvalue weighted by atomic mass is 127. The van der Waals surface area contributed by atoms with E-state index in [0.717, 1.165) is 11.3 Å². The fraction of sp³-hybridized carbons (Fsp3) is 0.0714. The fourth-order valence-electron chi connectivity index (χ4n) is 2.05. The van der Waals surface area contributed by atoms with E-state index in [1.165, 1.54) is 15.2 Å². The molecule has 0 atom stereocenters. The van der Waals surface area contributed by atoms with Gasteiger partial charge in [0, 0.05) is 6.07 Å². The van der Waals surface area contributed by atoms with E-state index < -0.39 is 0 Å². The molecule has 1 aromatic heterocycles. The second-order valence-corrected chi connectivity index (χ2v) is 5.48. The van der Waals surface area contributed by atoms with Crippen molar-refractivity contribution in [3.05, 3.63) is 48.5 Å². The van der Waals surface area contributed by atoms with Gasteiger partial charge >= 0.3 is 0 Å². The number of fused-ring (bicyclic) bond motifs is 1. The Morgan fingerprint density at radius 1 is 1.06 bits per heavy atom. The van der Waals surface area contributed by atoms with Crippen LogP contribution in [0, 0.1) is 0 Å². The average molecular weight is 368 g/mol. The Balaban J connectivity index is 2.28. The zero-order valence-corrected chi connectivity index (χ0v) is 12.7. The van der Waals surface area contributed by atoms with Crippen LogP contribution < -0.4 is 7.63 Å². The highest BCUT2D eigenvalue weighted by Crippen LogP contribution is 2.34. The highest BCUT2D eigenvalue weighted by Gasteiger charge is 2.21. The molecule has 3 aromatic rings. The Morgan fingerprint density at radius 2 is 1.78 bits per heavy atom. The molecule has 3 rings (SSSR count). The molecule has 0 spiro atoms. The minimum absolute atomic E-state index is 0.903. The van der Waals surface area contributed by atoms with Crippen molar-refractivity contribution in [3.63, 3.8) is 0 Å². The van der Waals surface area contributed by atoms with Crippen molar-refractivity contribution < 1.29 is 7.63 Å². The average Bonchev–Trinajstić information content (AvgIpc) is 2.76. The largest absolute Gasteiger partial charge is 0.427 e. The summed E-state index contributed by atoms with van der Waals surface area (Å²) >= 11 is 3.72. The van der Waals surface area contributed by atoms with Crippen molar-refractivity contribution in [2.24, 2.45) is 7.05 Å². The lowest BCUT2D eigenvalue weighted by atomic mass is 10.2. The molecule has 1 heterocycles. The molecule has 90 valence electrons. The Bertz CT molecular complexity index is 708. The van der Waals surface area contributed by atoms with E-state index in [2.05, 4.69) is 41.9 Å². The van der Waals surface area contributed by atoms with Gasteiger partial charge in [-0.05, 0) is 18.2 Å². The van der Waals surface area contributed by atoms with Gasteiger partial charge < -0.3 is 3.07 Å². The minimum Gasteiger partial charge on any atom is -0.427 e. The third kappa shape index (κ3) is 1.89. The first-order valence-corrected chi connectivity index (χ1v) is 7.26. The Kier molecular flexibility index (Phi) is 3.22. The topological polar surface area (TPSA) is 13.1 Å². The Morgan fingerprint density at radius 3 is 2.56 bits per heavy atom. The molecule has 0 aliphatic rings. The number of aryl methyl sites for hydroxylation is 1. The second kappa shape index (κ2) is 4.85. The molecule has 18 heavy (non-hydrogen) atoms. The molecule has 0 saturated carbocycles. The Hall–Kier alpha value is -1.14. The molecule has 0 saturated heterocycles. The van der Waals surface area contributed by atoms with Crippen LogP contribution in [-0.2, 0) is 7.05 Å². The first-order valence-electron chi connectivity index (χ1n) is 5.57. The van der Waals surface area contributed by atoms with Crippen LogP contribution in [0.4, 0.5) is 0 Å². The van der Waals surface area contributed by atoms with E-state index in [0.29, 0.717) is 0 Å². The smallest absolute Gasteiger partial charge is 0.273 e. The van der Waals surface area contributed by atoms with Gasteiger partial charge in [-0.1, -0.05) is 35.6 Å². The monoisotopic (exact) mass is 368 g/mol. The van der Waals surface area contributed by atoms with Crippen molar-refractivity contribution in [2.75, 3.05) is 0 Å². The molecule has 0 unspecified atom stereocenters. The lowest BCUT2D eigenvalue weighted by molar-refractivity contribution is -0.629. The van der Waals surface area contributed by atoms with Gasteiger partial charge in [-0.25, -0.2) is 0 Å². The van der Waals surface area contributed by atoms with Gasteiger partial charge in [0.2, 0.25) is 5.52 Å². The maximum absolute atomic E-state index is 5.41. The second-order valence-electron chi connectivity index (χ2n) is 4.01. The first-order chi connectivity index (χ1) is 8.81. The van der Waals surface area contributed by atoms with E-state index in [1.54, 1.807) is 11.3 Å². The van der Waals surface area contributed by atoms with Gasteiger partial charge in [0.25, 0.3) is 5.01 Å². The number of halogens is 1. The summed E-state index contributed by atoms with van der Waals surface area (Å²) < 4.78 is 8.92. The third-order valence-electron chi connectivity index (χ3n) is 2.94. The molecule has 0 radical (unpaired) electrons. The zero-order chi connectivity index (χ0) is 12.5. The normalized spacial score (nSPS) is 10.8. The molecular weight excluding hydrogens is 357 g/mol. The van der Waals surface area contributed by atoms with Crippen LogP contribution in [0.5, 0.6) is 5.75 Å². The van der Waals surface area contributed by atoms with Crippen molar-refractivity contribution in [1.82, 2.24) is 0 Å². The molecule has 0 aliphatic heterocycles. The predicted molar refractivity (Wildman–Crippen MR) is 83.1 cm³/mol. The molecule has 0 amide bonds. The lowest BCUT2D eigenvalue weighted by Gasteiger charge is -2.01. The lowest BCUT2D eigenvalue weighted by Crippen LogP contribution is -2.28. The van der Waals surface area contributed by atoms with Gasteiger partial charge in [0.15, 0.2) is 23.0 Å². The van der Waals surface area contributed by atoms with Gasteiger partial charge in [-0.15, -0.1) is 0 Å². The van der Waals surface area contributed by atoms with E-state index in [1.807, 2.05) is 41.2 Å². The molecule has 2 aromatic carbocycles. The molecule has 0 fully saturated rings. The fourth-order valence-corrected chi connectivity index (χ4v) is 3.61. The predicted octanol–water partition coefficient (Wildman–Crippen LogP) is 4.12. The van der Waals surface area contributed by atoms with Gasteiger partial charge in [0.1, 0.15) is 23.1 Å². The van der Waals surface area contributed by atoms with Gasteiger partial charge in [-0.3, -0.25) is 0 Å². The summed E-state index contributed by atoms with van der Waals surface area (Å²) in [5.41, 5.74) is 2.39. The van der Waals surface area contributed by atoms with Crippen LogP contribution in [0.25, 0.3) is 20.8 Å². The summed E-state index contributed by atoms with van der Waals surface area (Å²) in [5, 5.41) is 1.21. The summed E-state index contributed by atoms with van der Waals surface area (Å²) in [6.07, 6.45) is 0. The summed E-state index contributed by atoms with van der Waals surface area (Å²) in [6, 6.07) is 16.6. The molecule has 0 aliphatic carbocycles. The highest BCUT2D eigenvalue weighted by molar-refractivity contribution is 14.1. The number of hydrogen-bond acceptors (Lipinski definition) is 2. The number of para-hydroxylation sites is 2. The SMILES string of the molecule is C[n+]1c(-c2ccccc2OI)sc2ccccc21. The van der Waals surface area contributed by atoms with Crippen molar-refractivity contribution in [1.29, 1.82) is 0 Å². The maximum Gasteiger partial charge on any atom is 0.273 e. The number of benzene rings is 2. The number of rotatable bonds is 2. The number of nitrogens with zero attached hydrogens (tertiary/aromatic N) is 1. The van der Waals surface area contributed by atoms with Crippen molar-refractivity contribution >= 4 is 44.6 Å². The van der Waals surface area contributed by atoms with Crippen LogP contribution in [0.15, 0.2) is 48.5 Å². The summed E-state index contributed by atoms with van der Waals surface area (Å²) in [7, 11) is 2.10. The quantitative estimate of drug-likeness (QED) is 0.490. The van der Waals surface area contributed by atoms with Crippen LogP contribution in [0.2, 0.25) is 0 Å². The van der Waals surface area contributed by atoms with Gasteiger partial charge in [-0.2, -0.15) is 4.57 Å². The number of hydrogen-bond donors (Lipinski definition) is 0. The third-order valence-corrected chi connectivity index (χ3v) is 4.67.